The first-order valence-corrected chi connectivity index (χ1v) is 4.74. The third-order valence-electron chi connectivity index (χ3n) is 0.432. The van der Waals surface area contributed by atoms with Crippen LogP contribution in [0.25, 0.3) is 0 Å². The van der Waals surface area contributed by atoms with E-state index in [4.69, 9.17) is 9.79 Å². The minimum atomic E-state index is -3.64. The van der Waals surface area contributed by atoms with E-state index in [9.17, 15) is 9.36 Å². The maximum Gasteiger partial charge on any atom is 0.322 e. The van der Waals surface area contributed by atoms with Gasteiger partial charge in [-0.25, -0.2) is 0 Å². The fourth-order valence-electron chi connectivity index (χ4n) is 0.102. The van der Waals surface area contributed by atoms with Crippen LogP contribution in [0.15, 0.2) is 12.7 Å². The lowest BCUT2D eigenvalue weighted by molar-refractivity contribution is -0.116. The van der Waals surface area contributed by atoms with Crippen LogP contribution in [0, 0.1) is 0 Å². The summed E-state index contributed by atoms with van der Waals surface area (Å²) >= 11 is 0. The van der Waals surface area contributed by atoms with E-state index in [0.717, 1.165) is 6.66 Å². The lowest BCUT2D eigenvalue weighted by Crippen LogP contribution is -2.13. The number of amides is 1. The number of hydrogen-bond donors (Lipinski definition) is 3. The second-order valence-electron chi connectivity index (χ2n) is 1.65. The predicted molar refractivity (Wildman–Crippen MR) is 42.2 cm³/mol. The van der Waals surface area contributed by atoms with Gasteiger partial charge in [0, 0.05) is 13.7 Å². The lowest BCUT2D eigenvalue weighted by Gasteiger charge is -1.84. The van der Waals surface area contributed by atoms with Crippen LogP contribution in [0.1, 0.15) is 0 Å². The second-order valence-corrected chi connectivity index (χ2v) is 3.32. The average Bonchev–Trinajstić information content (AvgIpc) is 1.83. The Morgan fingerprint density at radius 2 is 1.91 bits per heavy atom. The molecule has 0 aliphatic heterocycles. The van der Waals surface area contributed by atoms with Crippen molar-refractivity contribution in [3.8, 4) is 0 Å². The summed E-state index contributed by atoms with van der Waals surface area (Å²) in [5.74, 6) is -0.144. The van der Waals surface area contributed by atoms with Gasteiger partial charge in [0.2, 0.25) is 5.91 Å². The van der Waals surface area contributed by atoms with Crippen LogP contribution in [-0.4, -0.2) is 29.4 Å². The number of likely N-dealkylation sites (N-methyl/N-ethyl adjacent to an activating group) is 1. The Morgan fingerprint density at radius 3 is 1.91 bits per heavy atom. The van der Waals surface area contributed by atoms with Gasteiger partial charge in [-0.15, -0.1) is 0 Å². The van der Waals surface area contributed by atoms with Gasteiger partial charge in [-0.3, -0.25) is 9.36 Å². The molecule has 0 radical (unpaired) electrons. The highest BCUT2D eigenvalue weighted by molar-refractivity contribution is 7.50. The van der Waals surface area contributed by atoms with Crippen molar-refractivity contribution in [1.82, 2.24) is 5.32 Å². The predicted octanol–water partition coefficient (Wildman–Crippen LogP) is -0.288. The van der Waals surface area contributed by atoms with Gasteiger partial charge in [0.15, 0.2) is 0 Å². The van der Waals surface area contributed by atoms with Crippen LogP contribution < -0.4 is 5.32 Å². The summed E-state index contributed by atoms with van der Waals surface area (Å²) < 4.78 is 9.33. The Balaban J connectivity index is 0. The summed E-state index contributed by atoms with van der Waals surface area (Å²) in [6, 6.07) is 0. The quantitative estimate of drug-likeness (QED) is 0.383. The zero-order valence-electron chi connectivity index (χ0n) is 6.44. The fourth-order valence-corrected chi connectivity index (χ4v) is 0.102. The van der Waals surface area contributed by atoms with Crippen molar-refractivity contribution >= 4 is 13.5 Å². The van der Waals surface area contributed by atoms with Crippen LogP contribution in [0.2, 0.25) is 0 Å². The molecule has 0 rings (SSSR count). The van der Waals surface area contributed by atoms with Gasteiger partial charge in [0.1, 0.15) is 0 Å². The molecule has 0 spiro atoms. The topological polar surface area (TPSA) is 86.6 Å². The van der Waals surface area contributed by atoms with Crippen molar-refractivity contribution < 1.29 is 19.1 Å². The largest absolute Gasteiger partial charge is 0.356 e. The van der Waals surface area contributed by atoms with E-state index in [1.54, 1.807) is 7.05 Å². The molecule has 0 saturated carbocycles. The van der Waals surface area contributed by atoms with Gasteiger partial charge in [-0.2, -0.15) is 0 Å². The monoisotopic (exact) mass is 181 g/mol. The Morgan fingerprint density at radius 1 is 1.64 bits per heavy atom. The van der Waals surface area contributed by atoms with Gasteiger partial charge in [-0.05, 0) is 6.08 Å². The standard InChI is InChI=1S/C4H7NO.CH5O3P/c1-3-4(6)5-2;1-5(2,3)4/h3H,1H2,2H3,(H,5,6);1H3,(H2,2,3,4). The van der Waals surface area contributed by atoms with Crippen molar-refractivity contribution in [3.63, 3.8) is 0 Å². The number of hydrogen-bond acceptors (Lipinski definition) is 2. The highest BCUT2D eigenvalue weighted by Gasteiger charge is 1.95. The van der Waals surface area contributed by atoms with Crippen LogP contribution in [-0.2, 0) is 9.36 Å². The van der Waals surface area contributed by atoms with Crippen molar-refractivity contribution in [2.24, 2.45) is 0 Å². The minimum Gasteiger partial charge on any atom is -0.356 e. The molecular formula is C5H12NO4P. The maximum atomic E-state index is 9.95. The van der Waals surface area contributed by atoms with Crippen LogP contribution in [0.5, 0.6) is 0 Å². The smallest absolute Gasteiger partial charge is 0.322 e. The van der Waals surface area contributed by atoms with E-state index < -0.39 is 7.60 Å². The molecule has 0 aliphatic rings. The van der Waals surface area contributed by atoms with E-state index in [1.807, 2.05) is 0 Å². The molecule has 6 heteroatoms. The van der Waals surface area contributed by atoms with Gasteiger partial charge in [-0.1, -0.05) is 6.58 Å². The molecule has 0 aromatic carbocycles. The zero-order valence-corrected chi connectivity index (χ0v) is 7.34. The normalized spacial score (nSPS) is 9.09. The summed E-state index contributed by atoms with van der Waals surface area (Å²) in [6.45, 7) is 4.07. The maximum absolute atomic E-state index is 9.95. The Bertz CT molecular complexity index is 165. The van der Waals surface area contributed by atoms with Crippen molar-refractivity contribution in [3.05, 3.63) is 12.7 Å². The van der Waals surface area contributed by atoms with Gasteiger partial charge in [0.05, 0.1) is 0 Å². The number of nitrogens with one attached hydrogen (secondary N) is 1. The molecule has 0 aromatic rings. The Kier molecular flexibility index (Phi) is 7.20. The molecule has 3 N–H and O–H groups in total. The lowest BCUT2D eigenvalue weighted by atomic mass is 10.6. The summed E-state index contributed by atoms with van der Waals surface area (Å²) in [5.41, 5.74) is 0. The van der Waals surface area contributed by atoms with E-state index >= 15 is 0 Å². The van der Waals surface area contributed by atoms with Crippen molar-refractivity contribution in [2.45, 2.75) is 0 Å². The van der Waals surface area contributed by atoms with E-state index in [-0.39, 0.29) is 5.91 Å². The highest BCUT2D eigenvalue weighted by atomic mass is 31.2. The molecule has 66 valence electrons. The fraction of sp³-hybridized carbons (Fsp3) is 0.400. The molecule has 0 unspecified atom stereocenters. The molecule has 0 aliphatic carbocycles. The summed E-state index contributed by atoms with van der Waals surface area (Å²) in [6.07, 6.45) is 1.22. The van der Waals surface area contributed by atoms with Crippen molar-refractivity contribution in [1.29, 1.82) is 0 Å². The molecule has 0 bridgehead atoms. The Hall–Kier alpha value is -0.640. The van der Waals surface area contributed by atoms with Crippen LogP contribution in [0.4, 0.5) is 0 Å². The van der Waals surface area contributed by atoms with Crippen molar-refractivity contribution in [2.75, 3.05) is 13.7 Å². The molecule has 1 amide bonds. The molecule has 5 nitrogen and oxygen atoms in total. The molecule has 0 fully saturated rings. The number of rotatable bonds is 1. The third kappa shape index (κ3) is 44.9. The summed E-state index contributed by atoms with van der Waals surface area (Å²) in [4.78, 5) is 25.2. The summed E-state index contributed by atoms with van der Waals surface area (Å²) in [7, 11) is -2.08. The first-order chi connectivity index (χ1) is 4.81. The van der Waals surface area contributed by atoms with E-state index in [1.165, 1.54) is 6.08 Å². The first kappa shape index (κ1) is 13.0. The minimum absolute atomic E-state index is 0.144. The molecule has 0 saturated heterocycles. The zero-order chi connectivity index (χ0) is 9.49. The summed E-state index contributed by atoms with van der Waals surface area (Å²) in [5, 5.41) is 2.36. The SMILES string of the molecule is C=CC(=O)NC.CP(=O)(O)O. The van der Waals surface area contributed by atoms with Crippen LogP contribution in [0.3, 0.4) is 0 Å². The highest BCUT2D eigenvalue weighted by Crippen LogP contribution is 2.26. The van der Waals surface area contributed by atoms with Crippen LogP contribution >= 0.6 is 7.60 Å². The van der Waals surface area contributed by atoms with Gasteiger partial charge in [0.25, 0.3) is 0 Å². The Labute approximate surface area is 65.3 Å². The first-order valence-electron chi connectivity index (χ1n) is 2.68. The van der Waals surface area contributed by atoms with E-state index in [2.05, 4.69) is 11.9 Å². The molecule has 0 heterocycles. The van der Waals surface area contributed by atoms with Gasteiger partial charge >= 0.3 is 7.60 Å². The molecular weight excluding hydrogens is 169 g/mol. The third-order valence-corrected chi connectivity index (χ3v) is 0.432. The molecule has 0 atom stereocenters. The number of carbonyl (C=O) groups is 1. The van der Waals surface area contributed by atoms with Gasteiger partial charge < -0.3 is 15.1 Å². The second kappa shape index (κ2) is 6.09. The number of carbonyl (C=O) groups excluding carboxylic acids is 1. The molecule has 0 aromatic heterocycles. The average molecular weight is 181 g/mol. The van der Waals surface area contributed by atoms with E-state index in [0.29, 0.717) is 0 Å². The molecule has 11 heavy (non-hydrogen) atoms.